The summed E-state index contributed by atoms with van der Waals surface area (Å²) in [6.07, 6.45) is 1.29. The molecular weight excluding hydrogens is 343 g/mol. The van der Waals surface area contributed by atoms with Crippen LogP contribution in [0.4, 0.5) is 14.7 Å². The SMILES string of the molecule is CNc1ncc(Cl)c(Oc2cc(Br)cc(F)c2F)n1. The summed E-state index contributed by atoms with van der Waals surface area (Å²) in [5.74, 6) is -2.31. The fourth-order valence-corrected chi connectivity index (χ4v) is 1.79. The number of nitrogens with zero attached hydrogens (tertiary/aromatic N) is 2. The van der Waals surface area contributed by atoms with Crippen LogP contribution in [0.1, 0.15) is 0 Å². The van der Waals surface area contributed by atoms with Crippen LogP contribution in [0.3, 0.4) is 0 Å². The molecule has 100 valence electrons. The van der Waals surface area contributed by atoms with Crippen LogP contribution in [0, 0.1) is 11.6 Å². The van der Waals surface area contributed by atoms with Crippen LogP contribution in [0.25, 0.3) is 0 Å². The molecule has 2 rings (SSSR count). The molecular formula is C11H7BrClF2N3O. The average molecular weight is 351 g/mol. The monoisotopic (exact) mass is 349 g/mol. The summed E-state index contributed by atoms with van der Waals surface area (Å²) in [5, 5.41) is 2.76. The maximum atomic E-state index is 13.6. The highest BCUT2D eigenvalue weighted by atomic mass is 79.9. The van der Waals surface area contributed by atoms with Crippen molar-refractivity contribution in [1.29, 1.82) is 0 Å². The van der Waals surface area contributed by atoms with Gasteiger partial charge in [-0.3, -0.25) is 0 Å². The van der Waals surface area contributed by atoms with Gasteiger partial charge in [0, 0.05) is 11.5 Å². The summed E-state index contributed by atoms with van der Waals surface area (Å²) in [6, 6.07) is 2.26. The van der Waals surface area contributed by atoms with Gasteiger partial charge in [-0.05, 0) is 12.1 Å². The van der Waals surface area contributed by atoms with Crippen LogP contribution in [0.15, 0.2) is 22.8 Å². The zero-order valence-corrected chi connectivity index (χ0v) is 11.9. The van der Waals surface area contributed by atoms with E-state index < -0.39 is 11.6 Å². The van der Waals surface area contributed by atoms with Crippen LogP contribution in [0.5, 0.6) is 11.6 Å². The molecule has 4 nitrogen and oxygen atoms in total. The summed E-state index contributed by atoms with van der Waals surface area (Å²) in [6.45, 7) is 0. The Hall–Kier alpha value is -1.47. The van der Waals surface area contributed by atoms with Gasteiger partial charge >= 0.3 is 0 Å². The van der Waals surface area contributed by atoms with Gasteiger partial charge in [-0.1, -0.05) is 27.5 Å². The molecule has 0 bridgehead atoms. The van der Waals surface area contributed by atoms with Gasteiger partial charge in [0.1, 0.15) is 5.02 Å². The van der Waals surface area contributed by atoms with E-state index in [1.807, 2.05) is 0 Å². The van der Waals surface area contributed by atoms with Gasteiger partial charge in [0.05, 0.1) is 6.20 Å². The molecule has 0 aliphatic rings. The fourth-order valence-electron chi connectivity index (χ4n) is 1.25. The molecule has 0 unspecified atom stereocenters. The zero-order chi connectivity index (χ0) is 14.0. The molecule has 0 radical (unpaired) electrons. The molecule has 0 saturated heterocycles. The van der Waals surface area contributed by atoms with E-state index in [2.05, 4.69) is 31.2 Å². The molecule has 0 spiro atoms. The molecule has 1 aromatic heterocycles. The quantitative estimate of drug-likeness (QED) is 0.850. The predicted molar refractivity (Wildman–Crippen MR) is 70.7 cm³/mol. The maximum Gasteiger partial charge on any atom is 0.243 e. The Balaban J connectivity index is 2.41. The highest BCUT2D eigenvalue weighted by Gasteiger charge is 2.15. The third-order valence-electron chi connectivity index (χ3n) is 2.10. The molecule has 0 saturated carbocycles. The van der Waals surface area contributed by atoms with Crippen molar-refractivity contribution in [2.75, 3.05) is 12.4 Å². The summed E-state index contributed by atoms with van der Waals surface area (Å²) in [5.41, 5.74) is 0. The highest BCUT2D eigenvalue weighted by Crippen LogP contribution is 2.32. The topological polar surface area (TPSA) is 47.0 Å². The Bertz CT molecular complexity index is 627. The van der Waals surface area contributed by atoms with Gasteiger partial charge in [0.15, 0.2) is 11.6 Å². The van der Waals surface area contributed by atoms with E-state index in [0.29, 0.717) is 4.47 Å². The first-order valence-electron chi connectivity index (χ1n) is 5.04. The number of aromatic nitrogens is 2. The smallest absolute Gasteiger partial charge is 0.243 e. The van der Waals surface area contributed by atoms with Crippen molar-refractivity contribution in [3.05, 3.63) is 39.5 Å². The number of rotatable bonds is 3. The third kappa shape index (κ3) is 3.10. The summed E-state index contributed by atoms with van der Waals surface area (Å²) in [4.78, 5) is 7.75. The normalized spacial score (nSPS) is 10.4. The Morgan fingerprint density at radius 2 is 2.11 bits per heavy atom. The van der Waals surface area contributed by atoms with Crippen molar-refractivity contribution in [1.82, 2.24) is 9.97 Å². The predicted octanol–water partition coefficient (Wildman–Crippen LogP) is 4.00. The number of hydrogen-bond acceptors (Lipinski definition) is 4. The molecule has 0 amide bonds. The number of benzene rings is 1. The van der Waals surface area contributed by atoms with Crippen molar-refractivity contribution in [3.8, 4) is 11.6 Å². The second kappa shape index (κ2) is 5.66. The van der Waals surface area contributed by atoms with Gasteiger partial charge in [-0.2, -0.15) is 9.37 Å². The van der Waals surface area contributed by atoms with E-state index in [-0.39, 0.29) is 22.6 Å². The second-order valence-electron chi connectivity index (χ2n) is 3.40. The van der Waals surface area contributed by atoms with Crippen LogP contribution >= 0.6 is 27.5 Å². The third-order valence-corrected chi connectivity index (χ3v) is 2.82. The molecule has 0 atom stereocenters. The number of hydrogen-bond donors (Lipinski definition) is 1. The largest absolute Gasteiger partial charge is 0.434 e. The average Bonchev–Trinajstić information content (AvgIpc) is 2.38. The first-order chi connectivity index (χ1) is 9.01. The van der Waals surface area contributed by atoms with Crippen molar-refractivity contribution < 1.29 is 13.5 Å². The highest BCUT2D eigenvalue weighted by molar-refractivity contribution is 9.10. The van der Waals surface area contributed by atoms with Gasteiger partial charge in [-0.15, -0.1) is 0 Å². The molecule has 0 aliphatic heterocycles. The number of halogens is 4. The molecule has 1 aromatic carbocycles. The van der Waals surface area contributed by atoms with E-state index in [1.165, 1.54) is 12.3 Å². The standard InChI is InChI=1S/C11H7BrClF2N3O/c1-16-11-17-4-6(13)10(18-11)19-8-3-5(12)2-7(14)9(8)15/h2-4H,1H3,(H,16,17,18). The van der Waals surface area contributed by atoms with Gasteiger partial charge in [0.2, 0.25) is 17.6 Å². The molecule has 0 fully saturated rings. The lowest BCUT2D eigenvalue weighted by atomic mass is 10.3. The van der Waals surface area contributed by atoms with E-state index in [1.54, 1.807) is 7.05 Å². The zero-order valence-electron chi connectivity index (χ0n) is 9.55. The molecule has 19 heavy (non-hydrogen) atoms. The fraction of sp³-hybridized carbons (Fsp3) is 0.0909. The van der Waals surface area contributed by atoms with Gasteiger partial charge < -0.3 is 10.1 Å². The van der Waals surface area contributed by atoms with E-state index in [4.69, 9.17) is 16.3 Å². The summed E-state index contributed by atoms with van der Waals surface area (Å²) < 4.78 is 32.3. The maximum absolute atomic E-state index is 13.6. The van der Waals surface area contributed by atoms with E-state index >= 15 is 0 Å². The van der Waals surface area contributed by atoms with Gasteiger partial charge in [-0.25, -0.2) is 9.37 Å². The van der Waals surface area contributed by atoms with Gasteiger partial charge in [0.25, 0.3) is 0 Å². The molecule has 0 aliphatic carbocycles. The van der Waals surface area contributed by atoms with E-state index in [9.17, 15) is 8.78 Å². The van der Waals surface area contributed by atoms with Crippen LogP contribution in [-0.4, -0.2) is 17.0 Å². The molecule has 1 N–H and O–H groups in total. The lowest BCUT2D eigenvalue weighted by molar-refractivity contribution is 0.405. The Kier molecular flexibility index (Phi) is 4.16. The Labute approximate surface area is 120 Å². The van der Waals surface area contributed by atoms with Crippen LogP contribution in [0.2, 0.25) is 5.02 Å². The molecule has 8 heteroatoms. The first-order valence-corrected chi connectivity index (χ1v) is 6.21. The lowest BCUT2D eigenvalue weighted by Gasteiger charge is -2.09. The number of nitrogens with one attached hydrogen (secondary N) is 1. The van der Waals surface area contributed by atoms with Crippen molar-refractivity contribution in [2.45, 2.75) is 0 Å². The minimum atomic E-state index is -1.12. The number of ether oxygens (including phenoxy) is 1. The van der Waals surface area contributed by atoms with E-state index in [0.717, 1.165) is 6.07 Å². The summed E-state index contributed by atoms with van der Waals surface area (Å²) >= 11 is 8.87. The Morgan fingerprint density at radius 1 is 1.37 bits per heavy atom. The van der Waals surface area contributed by atoms with Crippen molar-refractivity contribution in [2.24, 2.45) is 0 Å². The van der Waals surface area contributed by atoms with Crippen LogP contribution < -0.4 is 10.1 Å². The number of anilines is 1. The summed E-state index contributed by atoms with van der Waals surface area (Å²) in [7, 11) is 1.60. The molecule has 2 aromatic rings. The van der Waals surface area contributed by atoms with Crippen molar-refractivity contribution >= 4 is 33.5 Å². The minimum absolute atomic E-state index is 0.0718. The van der Waals surface area contributed by atoms with Crippen LogP contribution in [-0.2, 0) is 0 Å². The lowest BCUT2D eigenvalue weighted by Crippen LogP contribution is -2.00. The first kappa shape index (κ1) is 14.0. The van der Waals surface area contributed by atoms with Crippen molar-refractivity contribution in [3.63, 3.8) is 0 Å². The molecule has 1 heterocycles. The minimum Gasteiger partial charge on any atom is -0.434 e. The Morgan fingerprint density at radius 3 is 2.79 bits per heavy atom. The second-order valence-corrected chi connectivity index (χ2v) is 4.72.